The first-order valence-corrected chi connectivity index (χ1v) is 8.25. The van der Waals surface area contributed by atoms with E-state index >= 15 is 0 Å². The fraction of sp³-hybridized carbons (Fsp3) is 0.588. The van der Waals surface area contributed by atoms with Gasteiger partial charge in [0.15, 0.2) is 11.6 Å². The Bertz CT molecular complexity index is 744. The number of nitrogens with zero attached hydrogens (tertiary/aromatic N) is 2. The molecule has 0 unspecified atom stereocenters. The smallest absolute Gasteiger partial charge is 0.204 e. The van der Waals surface area contributed by atoms with Gasteiger partial charge in [-0.05, 0) is 63.2 Å². The lowest BCUT2D eigenvalue weighted by atomic mass is 9.77. The first kappa shape index (κ1) is 12.9. The van der Waals surface area contributed by atoms with Crippen LogP contribution in [0.1, 0.15) is 31.2 Å². The van der Waals surface area contributed by atoms with Crippen LogP contribution in [0.5, 0.6) is 0 Å². The van der Waals surface area contributed by atoms with E-state index in [0.717, 1.165) is 5.39 Å². The van der Waals surface area contributed by atoms with Crippen molar-refractivity contribution >= 4 is 16.8 Å². The molecule has 4 aliphatic rings. The third-order valence-electron chi connectivity index (χ3n) is 6.05. The summed E-state index contributed by atoms with van der Waals surface area (Å²) in [6, 6.07) is 4.13. The molecule has 0 amide bonds. The monoisotopic (exact) mass is 301 g/mol. The van der Waals surface area contributed by atoms with E-state index in [1.807, 2.05) is 6.07 Å². The number of halogens is 1. The Labute approximate surface area is 128 Å². The van der Waals surface area contributed by atoms with Crippen molar-refractivity contribution in [3.05, 3.63) is 23.5 Å². The molecule has 0 radical (unpaired) electrons. The standard InChI is InChI=1S/C17H20FN3O/c1-10-2-3-12-14(13(10)18)22-20-16(12)19-15-11-4-8-21(9-5-11)17(15)6-7-17/h2-3,11,15H,4-9H2,1H3,(H,19,20)/t15-/m1/s1. The lowest BCUT2D eigenvalue weighted by Gasteiger charge is -2.52. The summed E-state index contributed by atoms with van der Waals surface area (Å²) in [5.74, 6) is 1.11. The molecule has 5 heteroatoms. The number of hydrogen-bond acceptors (Lipinski definition) is 4. The summed E-state index contributed by atoms with van der Waals surface area (Å²) in [4.78, 5) is 2.65. The minimum absolute atomic E-state index is 0.272. The largest absolute Gasteiger partial charge is 0.362 e. The van der Waals surface area contributed by atoms with Gasteiger partial charge in [0.1, 0.15) is 0 Å². The Morgan fingerprint density at radius 2 is 2.09 bits per heavy atom. The summed E-state index contributed by atoms with van der Waals surface area (Å²) < 4.78 is 19.4. The predicted molar refractivity (Wildman–Crippen MR) is 82.4 cm³/mol. The van der Waals surface area contributed by atoms with Gasteiger partial charge in [0.25, 0.3) is 0 Å². The van der Waals surface area contributed by atoms with Crippen molar-refractivity contribution in [1.29, 1.82) is 0 Å². The zero-order chi connectivity index (χ0) is 14.9. The van der Waals surface area contributed by atoms with E-state index in [4.69, 9.17) is 4.52 Å². The molecule has 2 bridgehead atoms. The molecule has 1 aromatic heterocycles. The predicted octanol–water partition coefficient (Wildman–Crippen LogP) is 3.31. The van der Waals surface area contributed by atoms with Crippen molar-refractivity contribution in [3.63, 3.8) is 0 Å². The number of aryl methyl sites for hydroxylation is 1. The number of piperidine rings is 3. The van der Waals surface area contributed by atoms with Crippen LogP contribution in [0.4, 0.5) is 10.2 Å². The number of hydrogen-bond donors (Lipinski definition) is 1. The zero-order valence-electron chi connectivity index (χ0n) is 12.7. The molecule has 3 saturated heterocycles. The molecule has 4 fully saturated rings. The maximum Gasteiger partial charge on any atom is 0.204 e. The van der Waals surface area contributed by atoms with E-state index in [9.17, 15) is 4.39 Å². The molecule has 1 atom stereocenters. The second kappa shape index (κ2) is 4.22. The maximum atomic E-state index is 14.1. The third kappa shape index (κ3) is 1.57. The molecule has 22 heavy (non-hydrogen) atoms. The maximum absolute atomic E-state index is 14.1. The van der Waals surface area contributed by atoms with Crippen LogP contribution >= 0.6 is 0 Å². The number of fused-ring (bicyclic) bond motifs is 3. The first-order chi connectivity index (χ1) is 10.7. The summed E-state index contributed by atoms with van der Waals surface area (Å²) in [6.45, 7) is 4.21. The highest BCUT2D eigenvalue weighted by atomic mass is 19.1. The summed E-state index contributed by atoms with van der Waals surface area (Å²) in [5.41, 5.74) is 1.20. The van der Waals surface area contributed by atoms with Gasteiger partial charge < -0.3 is 9.84 Å². The van der Waals surface area contributed by atoms with Gasteiger partial charge in [-0.1, -0.05) is 11.2 Å². The average Bonchev–Trinajstić information content (AvgIpc) is 3.21. The van der Waals surface area contributed by atoms with Crippen LogP contribution in [-0.4, -0.2) is 34.7 Å². The molecule has 1 N–H and O–H groups in total. The fourth-order valence-electron chi connectivity index (χ4n) is 4.64. The third-order valence-corrected chi connectivity index (χ3v) is 6.05. The molecule has 4 nitrogen and oxygen atoms in total. The average molecular weight is 301 g/mol. The van der Waals surface area contributed by atoms with Gasteiger partial charge in [0.2, 0.25) is 5.58 Å². The molecule has 1 aliphatic carbocycles. The number of anilines is 1. The molecule has 4 heterocycles. The van der Waals surface area contributed by atoms with E-state index in [2.05, 4.69) is 15.4 Å². The van der Waals surface area contributed by atoms with E-state index in [0.29, 0.717) is 28.9 Å². The second-order valence-corrected chi connectivity index (χ2v) is 7.15. The normalized spacial score (nSPS) is 31.8. The summed E-state index contributed by atoms with van der Waals surface area (Å²) in [6.07, 6.45) is 5.04. The molecule has 3 aliphatic heterocycles. The van der Waals surface area contributed by atoms with Crippen LogP contribution in [0.25, 0.3) is 11.0 Å². The molecule has 116 valence electrons. The topological polar surface area (TPSA) is 41.3 Å². The van der Waals surface area contributed by atoms with Gasteiger partial charge in [-0.2, -0.15) is 0 Å². The molecule has 2 aromatic rings. The van der Waals surface area contributed by atoms with Gasteiger partial charge in [0, 0.05) is 11.6 Å². The van der Waals surface area contributed by atoms with Crippen LogP contribution in [0.15, 0.2) is 16.7 Å². The lowest BCUT2D eigenvalue weighted by molar-refractivity contribution is 0.0202. The molecule has 1 saturated carbocycles. The van der Waals surface area contributed by atoms with Crippen molar-refractivity contribution in [2.45, 2.75) is 44.2 Å². The van der Waals surface area contributed by atoms with Gasteiger partial charge in [-0.25, -0.2) is 4.39 Å². The van der Waals surface area contributed by atoms with Crippen molar-refractivity contribution in [2.24, 2.45) is 5.92 Å². The van der Waals surface area contributed by atoms with Gasteiger partial charge >= 0.3 is 0 Å². The van der Waals surface area contributed by atoms with Crippen LogP contribution in [0.2, 0.25) is 0 Å². The second-order valence-electron chi connectivity index (χ2n) is 7.15. The quantitative estimate of drug-likeness (QED) is 0.924. The SMILES string of the molecule is Cc1ccc2c(N[C@@H]3C4CCN(CC4)C34CC4)noc2c1F. The van der Waals surface area contributed by atoms with Crippen molar-refractivity contribution in [3.8, 4) is 0 Å². The lowest BCUT2D eigenvalue weighted by Crippen LogP contribution is -2.62. The molecular formula is C17H20FN3O. The van der Waals surface area contributed by atoms with Crippen LogP contribution in [0.3, 0.4) is 0 Å². The Hall–Kier alpha value is -1.62. The summed E-state index contributed by atoms with van der Waals surface area (Å²) in [7, 11) is 0. The van der Waals surface area contributed by atoms with Crippen molar-refractivity contribution < 1.29 is 8.91 Å². The number of benzene rings is 1. The highest BCUT2D eigenvalue weighted by Gasteiger charge is 2.60. The van der Waals surface area contributed by atoms with Gasteiger partial charge in [-0.15, -0.1) is 0 Å². The van der Waals surface area contributed by atoms with Crippen LogP contribution < -0.4 is 5.32 Å². The first-order valence-electron chi connectivity index (χ1n) is 8.25. The molecular weight excluding hydrogens is 281 g/mol. The molecule has 6 rings (SSSR count). The number of rotatable bonds is 2. The minimum atomic E-state index is -0.298. The van der Waals surface area contributed by atoms with Gasteiger partial charge in [0.05, 0.1) is 5.39 Å². The van der Waals surface area contributed by atoms with Crippen LogP contribution in [0, 0.1) is 18.7 Å². The Morgan fingerprint density at radius 3 is 2.82 bits per heavy atom. The van der Waals surface area contributed by atoms with E-state index in [1.165, 1.54) is 38.8 Å². The Balaban J connectivity index is 1.53. The molecule has 1 aromatic carbocycles. The summed E-state index contributed by atoms with van der Waals surface area (Å²) in [5, 5.41) is 8.50. The number of nitrogens with one attached hydrogen (secondary N) is 1. The number of aromatic nitrogens is 1. The highest BCUT2D eigenvalue weighted by Crippen LogP contribution is 2.54. The Morgan fingerprint density at radius 1 is 1.32 bits per heavy atom. The van der Waals surface area contributed by atoms with Crippen molar-refractivity contribution in [1.82, 2.24) is 10.1 Å². The fourth-order valence-corrected chi connectivity index (χ4v) is 4.64. The van der Waals surface area contributed by atoms with E-state index in [-0.39, 0.29) is 11.4 Å². The van der Waals surface area contributed by atoms with E-state index < -0.39 is 0 Å². The van der Waals surface area contributed by atoms with E-state index in [1.54, 1.807) is 13.0 Å². The minimum Gasteiger partial charge on any atom is -0.362 e. The zero-order valence-corrected chi connectivity index (χ0v) is 12.7. The Kier molecular flexibility index (Phi) is 2.47. The van der Waals surface area contributed by atoms with Crippen LogP contribution in [-0.2, 0) is 0 Å². The van der Waals surface area contributed by atoms with Crippen molar-refractivity contribution in [2.75, 3.05) is 18.4 Å². The highest BCUT2D eigenvalue weighted by molar-refractivity contribution is 5.89. The summed E-state index contributed by atoms with van der Waals surface area (Å²) >= 11 is 0. The molecule has 1 spiro atoms. The van der Waals surface area contributed by atoms with Gasteiger partial charge in [-0.3, -0.25) is 4.90 Å².